The lowest BCUT2D eigenvalue weighted by Gasteiger charge is -2.36. The van der Waals surface area contributed by atoms with E-state index in [1.807, 2.05) is 0 Å². The van der Waals surface area contributed by atoms with Crippen LogP contribution in [0, 0.1) is 5.41 Å². The van der Waals surface area contributed by atoms with E-state index in [1.54, 1.807) is 0 Å². The van der Waals surface area contributed by atoms with Gasteiger partial charge >= 0.3 is 0 Å². The highest BCUT2D eigenvalue weighted by Gasteiger charge is 2.49. The van der Waals surface area contributed by atoms with Crippen LogP contribution in [0.2, 0.25) is 0 Å². The number of hydrogen-bond acceptors (Lipinski definition) is 6. The predicted molar refractivity (Wildman–Crippen MR) is 66.2 cm³/mol. The molecule has 0 aliphatic heterocycles. The van der Waals surface area contributed by atoms with Crippen LogP contribution in [0.3, 0.4) is 0 Å². The molecule has 0 heterocycles. The number of carbonyl (C=O) groups is 4. The molecule has 0 aromatic rings. The molecule has 6 heteroatoms. The zero-order valence-corrected chi connectivity index (χ0v) is 11.6. The summed E-state index contributed by atoms with van der Waals surface area (Å²) in [7, 11) is 0. The smallest absolute Gasteiger partial charge is 0.230 e. The molecule has 0 fully saturated rings. The Morgan fingerprint density at radius 3 is 1.68 bits per heavy atom. The van der Waals surface area contributed by atoms with Crippen molar-refractivity contribution in [3.63, 3.8) is 0 Å². The molecule has 0 aliphatic carbocycles. The molecule has 0 spiro atoms. The van der Waals surface area contributed by atoms with Gasteiger partial charge in [-0.3, -0.25) is 19.2 Å². The highest BCUT2D eigenvalue weighted by molar-refractivity contribution is 6.02. The van der Waals surface area contributed by atoms with E-state index in [0.29, 0.717) is 0 Å². The Hall–Kier alpha value is -1.40. The van der Waals surface area contributed by atoms with Crippen molar-refractivity contribution in [1.82, 2.24) is 0 Å². The lowest BCUT2D eigenvalue weighted by atomic mass is 9.75. The average molecular weight is 272 g/mol. The fourth-order valence-electron chi connectivity index (χ4n) is 1.68. The maximum absolute atomic E-state index is 11.6. The van der Waals surface area contributed by atoms with E-state index < -0.39 is 35.0 Å². The van der Waals surface area contributed by atoms with E-state index in [9.17, 15) is 29.4 Å². The molecule has 6 nitrogen and oxygen atoms in total. The van der Waals surface area contributed by atoms with E-state index in [4.69, 9.17) is 0 Å². The fourth-order valence-corrected chi connectivity index (χ4v) is 1.68. The van der Waals surface area contributed by atoms with Gasteiger partial charge in [-0.15, -0.1) is 0 Å². The first-order chi connectivity index (χ1) is 8.40. The van der Waals surface area contributed by atoms with Crippen molar-refractivity contribution < 1.29 is 29.4 Å². The van der Waals surface area contributed by atoms with Gasteiger partial charge in [0.15, 0.2) is 5.78 Å². The first-order valence-corrected chi connectivity index (χ1v) is 5.89. The molecule has 0 atom stereocenters. The standard InChI is InChI=1S/C13H20O6/c1-8(14)5-10(16)7-12(3,4)13(18,19)11(17)6-9(2)15/h18-19H,5-7H2,1-4H3. The highest BCUT2D eigenvalue weighted by atomic mass is 16.5. The summed E-state index contributed by atoms with van der Waals surface area (Å²) in [6.07, 6.45) is -1.28. The van der Waals surface area contributed by atoms with E-state index in [2.05, 4.69) is 0 Å². The third-order valence-corrected chi connectivity index (χ3v) is 2.83. The Morgan fingerprint density at radius 1 is 0.895 bits per heavy atom. The maximum Gasteiger partial charge on any atom is 0.230 e. The molecular formula is C13H20O6. The van der Waals surface area contributed by atoms with Crippen molar-refractivity contribution in [3.05, 3.63) is 0 Å². The number of ketones is 4. The summed E-state index contributed by atoms with van der Waals surface area (Å²) in [5.74, 6) is -5.16. The molecule has 0 radical (unpaired) electrons. The van der Waals surface area contributed by atoms with Gasteiger partial charge in [0.1, 0.15) is 17.3 Å². The monoisotopic (exact) mass is 272 g/mol. The topological polar surface area (TPSA) is 109 Å². The minimum Gasteiger partial charge on any atom is -0.359 e. The number of Topliss-reactive ketones (excluding diaryl/α,β-unsaturated/α-hetero) is 4. The van der Waals surface area contributed by atoms with Crippen molar-refractivity contribution >= 4 is 23.1 Å². The fraction of sp³-hybridized carbons (Fsp3) is 0.692. The SMILES string of the molecule is CC(=O)CC(=O)CC(C)(C)C(O)(O)C(=O)CC(C)=O. The van der Waals surface area contributed by atoms with Crippen LogP contribution in [0.4, 0.5) is 0 Å². The summed E-state index contributed by atoms with van der Waals surface area (Å²) in [4.78, 5) is 44.8. The van der Waals surface area contributed by atoms with Gasteiger partial charge in [0.25, 0.3) is 0 Å². The average Bonchev–Trinajstić information content (AvgIpc) is 2.13. The molecule has 0 rings (SSSR count). The van der Waals surface area contributed by atoms with Crippen LogP contribution in [0.1, 0.15) is 47.0 Å². The van der Waals surface area contributed by atoms with Gasteiger partial charge in [0.2, 0.25) is 5.79 Å². The van der Waals surface area contributed by atoms with Crippen LogP contribution in [-0.4, -0.2) is 39.1 Å². The molecule has 2 N–H and O–H groups in total. The number of rotatable bonds is 8. The molecule has 0 amide bonds. The van der Waals surface area contributed by atoms with Crippen LogP contribution < -0.4 is 0 Å². The predicted octanol–water partition coefficient (Wildman–Crippen LogP) is 0.180. The van der Waals surface area contributed by atoms with E-state index in [0.717, 1.165) is 6.92 Å². The van der Waals surface area contributed by atoms with Gasteiger partial charge in [0, 0.05) is 11.8 Å². The molecule has 0 unspecified atom stereocenters. The van der Waals surface area contributed by atoms with Gasteiger partial charge in [-0.25, -0.2) is 0 Å². The van der Waals surface area contributed by atoms with Crippen molar-refractivity contribution in [2.24, 2.45) is 5.41 Å². The second-order valence-electron chi connectivity index (χ2n) is 5.45. The third kappa shape index (κ3) is 5.00. The normalized spacial score (nSPS) is 12.1. The van der Waals surface area contributed by atoms with Gasteiger partial charge < -0.3 is 10.2 Å². The summed E-state index contributed by atoms with van der Waals surface area (Å²) in [5.41, 5.74) is -1.48. The van der Waals surface area contributed by atoms with Crippen LogP contribution >= 0.6 is 0 Å². The van der Waals surface area contributed by atoms with Gasteiger partial charge in [-0.05, 0) is 13.8 Å². The number of hydrogen-bond donors (Lipinski definition) is 2. The van der Waals surface area contributed by atoms with Crippen molar-refractivity contribution in [1.29, 1.82) is 0 Å². The van der Waals surface area contributed by atoms with Crippen LogP contribution in [0.25, 0.3) is 0 Å². The summed E-state index contributed by atoms with van der Waals surface area (Å²) in [5, 5.41) is 19.7. The largest absolute Gasteiger partial charge is 0.359 e. The first kappa shape index (κ1) is 17.6. The lowest BCUT2D eigenvalue weighted by molar-refractivity contribution is -0.225. The Morgan fingerprint density at radius 2 is 1.32 bits per heavy atom. The quantitative estimate of drug-likeness (QED) is 0.482. The van der Waals surface area contributed by atoms with E-state index in [1.165, 1.54) is 20.8 Å². The first-order valence-electron chi connectivity index (χ1n) is 5.89. The second-order valence-corrected chi connectivity index (χ2v) is 5.45. The van der Waals surface area contributed by atoms with Crippen molar-refractivity contribution in [2.45, 2.75) is 52.7 Å². The molecule has 0 saturated heterocycles. The van der Waals surface area contributed by atoms with Crippen LogP contribution in [0.15, 0.2) is 0 Å². The van der Waals surface area contributed by atoms with E-state index in [-0.39, 0.29) is 18.6 Å². The molecule has 0 aromatic carbocycles. The Labute approximate surface area is 111 Å². The molecule has 19 heavy (non-hydrogen) atoms. The zero-order valence-electron chi connectivity index (χ0n) is 11.6. The van der Waals surface area contributed by atoms with E-state index >= 15 is 0 Å². The second kappa shape index (κ2) is 6.16. The maximum atomic E-state index is 11.6. The number of carbonyl (C=O) groups excluding carboxylic acids is 4. The van der Waals surface area contributed by atoms with Crippen molar-refractivity contribution in [2.75, 3.05) is 0 Å². The summed E-state index contributed by atoms with van der Waals surface area (Å²) in [6.45, 7) is 5.05. The third-order valence-electron chi connectivity index (χ3n) is 2.83. The molecular weight excluding hydrogens is 252 g/mol. The molecule has 0 saturated carbocycles. The zero-order chi connectivity index (χ0) is 15.4. The Kier molecular flexibility index (Phi) is 5.71. The highest BCUT2D eigenvalue weighted by Crippen LogP contribution is 2.34. The number of aliphatic hydroxyl groups is 2. The minimum atomic E-state index is -2.79. The van der Waals surface area contributed by atoms with Gasteiger partial charge in [-0.1, -0.05) is 13.8 Å². The Balaban J connectivity index is 4.95. The summed E-state index contributed by atoms with van der Waals surface area (Å²) < 4.78 is 0. The summed E-state index contributed by atoms with van der Waals surface area (Å²) in [6, 6.07) is 0. The summed E-state index contributed by atoms with van der Waals surface area (Å²) >= 11 is 0. The molecule has 0 aromatic heterocycles. The molecule has 0 aliphatic rings. The van der Waals surface area contributed by atoms with Crippen molar-refractivity contribution in [3.8, 4) is 0 Å². The van der Waals surface area contributed by atoms with Crippen LogP contribution in [0.5, 0.6) is 0 Å². The molecule has 108 valence electrons. The van der Waals surface area contributed by atoms with Gasteiger partial charge in [0.05, 0.1) is 12.8 Å². The van der Waals surface area contributed by atoms with Crippen LogP contribution in [-0.2, 0) is 19.2 Å². The lowest BCUT2D eigenvalue weighted by Crippen LogP contribution is -2.52. The Bertz CT molecular complexity index is 405. The van der Waals surface area contributed by atoms with Gasteiger partial charge in [-0.2, -0.15) is 0 Å². The molecule has 0 bridgehead atoms. The minimum absolute atomic E-state index is 0.319.